The van der Waals surface area contributed by atoms with Gasteiger partial charge in [-0.1, -0.05) is 6.92 Å². The van der Waals surface area contributed by atoms with Gasteiger partial charge in [0.25, 0.3) is 0 Å². The van der Waals surface area contributed by atoms with Gasteiger partial charge < -0.3 is 10.6 Å². The van der Waals surface area contributed by atoms with Crippen LogP contribution in [-0.2, 0) is 0 Å². The largest absolute Gasteiger partial charge is 0.327 e. The molecule has 0 aromatic carbocycles. The summed E-state index contributed by atoms with van der Waals surface area (Å²) in [5, 5.41) is 0. The Morgan fingerprint density at radius 1 is 1.38 bits per heavy atom. The molecule has 2 fully saturated rings. The lowest BCUT2D eigenvalue weighted by Crippen LogP contribution is -2.41. The lowest BCUT2D eigenvalue weighted by atomic mass is 9.80. The Kier molecular flexibility index (Phi) is 2.16. The number of nitrogens with two attached hydrogens (primary N) is 1. The van der Waals surface area contributed by atoms with Crippen molar-refractivity contribution in [3.05, 3.63) is 0 Å². The molecule has 0 bridgehead atoms. The van der Waals surface area contributed by atoms with E-state index in [0.717, 1.165) is 5.92 Å². The summed E-state index contributed by atoms with van der Waals surface area (Å²) in [4.78, 5) is 2.59. The molecule has 0 spiro atoms. The molecule has 0 aromatic heterocycles. The molecular formula is C11H22N2. The van der Waals surface area contributed by atoms with Gasteiger partial charge in [0, 0.05) is 25.2 Å². The molecule has 0 aromatic rings. The summed E-state index contributed by atoms with van der Waals surface area (Å²) < 4.78 is 0. The second-order valence-corrected chi connectivity index (χ2v) is 5.41. The average Bonchev–Trinajstić information content (AvgIpc) is 2.50. The van der Waals surface area contributed by atoms with Gasteiger partial charge in [-0.2, -0.15) is 0 Å². The normalized spacial score (nSPS) is 45.9. The predicted octanol–water partition coefficient (Wildman–Crippen LogP) is 1.45. The zero-order valence-electron chi connectivity index (χ0n) is 9.09. The first kappa shape index (κ1) is 9.47. The molecule has 13 heavy (non-hydrogen) atoms. The Morgan fingerprint density at radius 3 is 2.62 bits per heavy atom. The number of hydrogen-bond acceptors (Lipinski definition) is 2. The van der Waals surface area contributed by atoms with E-state index in [1.165, 1.54) is 25.9 Å². The maximum absolute atomic E-state index is 6.19. The summed E-state index contributed by atoms with van der Waals surface area (Å²) in [7, 11) is 0. The van der Waals surface area contributed by atoms with E-state index in [0.29, 0.717) is 17.5 Å². The molecule has 1 heterocycles. The van der Waals surface area contributed by atoms with Gasteiger partial charge in [-0.15, -0.1) is 0 Å². The van der Waals surface area contributed by atoms with Crippen LogP contribution in [0.1, 0.15) is 33.6 Å². The summed E-state index contributed by atoms with van der Waals surface area (Å²) in [6.45, 7) is 9.46. The van der Waals surface area contributed by atoms with Crippen molar-refractivity contribution in [3.63, 3.8) is 0 Å². The van der Waals surface area contributed by atoms with E-state index in [9.17, 15) is 0 Å². The fourth-order valence-corrected chi connectivity index (χ4v) is 3.07. The molecule has 2 N–H and O–H groups in total. The molecule has 0 amide bonds. The smallest absolute Gasteiger partial charge is 0.0108 e. The van der Waals surface area contributed by atoms with Crippen LogP contribution in [0.2, 0.25) is 0 Å². The molecule has 1 aliphatic heterocycles. The van der Waals surface area contributed by atoms with Crippen LogP contribution in [0.4, 0.5) is 0 Å². The van der Waals surface area contributed by atoms with Crippen molar-refractivity contribution in [1.29, 1.82) is 0 Å². The monoisotopic (exact) mass is 182 g/mol. The van der Waals surface area contributed by atoms with Crippen LogP contribution in [0.25, 0.3) is 0 Å². The van der Waals surface area contributed by atoms with Crippen LogP contribution in [-0.4, -0.2) is 30.1 Å². The molecular weight excluding hydrogens is 160 g/mol. The Balaban J connectivity index is 2.11. The fourth-order valence-electron chi connectivity index (χ4n) is 3.07. The summed E-state index contributed by atoms with van der Waals surface area (Å²) in [5.41, 5.74) is 6.61. The van der Waals surface area contributed by atoms with Crippen molar-refractivity contribution in [3.8, 4) is 0 Å². The van der Waals surface area contributed by atoms with E-state index in [1.807, 2.05) is 0 Å². The van der Waals surface area contributed by atoms with Gasteiger partial charge in [0.1, 0.15) is 0 Å². The Labute approximate surface area is 81.5 Å². The second-order valence-electron chi connectivity index (χ2n) is 5.41. The van der Waals surface area contributed by atoms with Gasteiger partial charge in [0.05, 0.1) is 0 Å². The van der Waals surface area contributed by atoms with Gasteiger partial charge >= 0.3 is 0 Å². The number of likely N-dealkylation sites (tertiary alicyclic amines) is 1. The van der Waals surface area contributed by atoms with Crippen LogP contribution in [0.15, 0.2) is 0 Å². The topological polar surface area (TPSA) is 29.3 Å². The van der Waals surface area contributed by atoms with E-state index >= 15 is 0 Å². The first-order valence-electron chi connectivity index (χ1n) is 5.53. The van der Waals surface area contributed by atoms with Crippen molar-refractivity contribution in [1.82, 2.24) is 4.90 Å². The molecule has 2 rings (SSSR count). The minimum atomic E-state index is 0.421. The van der Waals surface area contributed by atoms with Crippen molar-refractivity contribution < 1.29 is 0 Å². The van der Waals surface area contributed by atoms with Crippen LogP contribution in [0, 0.1) is 11.3 Å². The molecule has 1 saturated carbocycles. The van der Waals surface area contributed by atoms with Gasteiger partial charge in [0.2, 0.25) is 0 Å². The summed E-state index contributed by atoms with van der Waals surface area (Å²) in [6.07, 6.45) is 2.59. The maximum atomic E-state index is 6.19. The highest BCUT2D eigenvalue weighted by molar-refractivity contribution is 5.05. The SMILES string of the molecule is CC(C)N1CC2CCC(N)[C@@]2(C)C1. The molecule has 76 valence electrons. The van der Waals surface area contributed by atoms with Gasteiger partial charge in [-0.25, -0.2) is 0 Å². The Morgan fingerprint density at radius 2 is 2.08 bits per heavy atom. The Bertz CT molecular complexity index is 202. The van der Waals surface area contributed by atoms with E-state index in [4.69, 9.17) is 5.73 Å². The molecule has 2 aliphatic rings. The minimum Gasteiger partial charge on any atom is -0.327 e. The van der Waals surface area contributed by atoms with Crippen LogP contribution < -0.4 is 5.73 Å². The molecule has 0 radical (unpaired) electrons. The quantitative estimate of drug-likeness (QED) is 0.665. The second kappa shape index (κ2) is 2.96. The lowest BCUT2D eigenvalue weighted by molar-refractivity contribution is 0.213. The number of hydrogen-bond donors (Lipinski definition) is 1. The van der Waals surface area contributed by atoms with Crippen LogP contribution in [0.5, 0.6) is 0 Å². The standard InChI is InChI=1S/C11H22N2/c1-8(2)13-6-9-4-5-10(12)11(9,3)7-13/h8-10H,4-7,12H2,1-3H3/t9?,10?,11-/m0/s1. The van der Waals surface area contributed by atoms with Crippen LogP contribution >= 0.6 is 0 Å². The van der Waals surface area contributed by atoms with Crippen molar-refractivity contribution in [2.45, 2.75) is 45.7 Å². The van der Waals surface area contributed by atoms with E-state index in [2.05, 4.69) is 25.7 Å². The first-order chi connectivity index (χ1) is 6.04. The predicted molar refractivity (Wildman–Crippen MR) is 55.5 cm³/mol. The lowest BCUT2D eigenvalue weighted by Gasteiger charge is -2.29. The van der Waals surface area contributed by atoms with Gasteiger partial charge in [0.15, 0.2) is 0 Å². The molecule has 2 nitrogen and oxygen atoms in total. The number of fused-ring (bicyclic) bond motifs is 1. The summed E-state index contributed by atoms with van der Waals surface area (Å²) in [5.74, 6) is 0.866. The molecule has 2 heteroatoms. The van der Waals surface area contributed by atoms with Crippen molar-refractivity contribution in [2.24, 2.45) is 17.1 Å². The fraction of sp³-hybridized carbons (Fsp3) is 1.00. The Hall–Kier alpha value is -0.0800. The van der Waals surface area contributed by atoms with Gasteiger partial charge in [-0.05, 0) is 38.0 Å². The maximum Gasteiger partial charge on any atom is 0.0108 e. The van der Waals surface area contributed by atoms with Gasteiger partial charge in [-0.3, -0.25) is 0 Å². The highest BCUT2D eigenvalue weighted by Crippen LogP contribution is 2.47. The molecule has 1 aliphatic carbocycles. The van der Waals surface area contributed by atoms with E-state index < -0.39 is 0 Å². The third kappa shape index (κ3) is 1.31. The third-order valence-electron chi connectivity index (χ3n) is 4.33. The highest BCUT2D eigenvalue weighted by atomic mass is 15.2. The minimum absolute atomic E-state index is 0.421. The van der Waals surface area contributed by atoms with Crippen molar-refractivity contribution >= 4 is 0 Å². The molecule has 3 atom stereocenters. The summed E-state index contributed by atoms with van der Waals surface area (Å²) in [6, 6.07) is 1.14. The first-order valence-corrected chi connectivity index (χ1v) is 5.53. The highest BCUT2D eigenvalue weighted by Gasteiger charge is 2.50. The van der Waals surface area contributed by atoms with Crippen LogP contribution in [0.3, 0.4) is 0 Å². The molecule has 2 unspecified atom stereocenters. The zero-order chi connectivity index (χ0) is 9.64. The number of rotatable bonds is 1. The van der Waals surface area contributed by atoms with E-state index in [1.54, 1.807) is 0 Å². The van der Waals surface area contributed by atoms with Crippen molar-refractivity contribution in [2.75, 3.05) is 13.1 Å². The van der Waals surface area contributed by atoms with E-state index in [-0.39, 0.29) is 0 Å². The number of nitrogens with zero attached hydrogens (tertiary/aromatic N) is 1. The zero-order valence-corrected chi connectivity index (χ0v) is 9.09. The third-order valence-corrected chi connectivity index (χ3v) is 4.33. The molecule has 1 saturated heterocycles. The average molecular weight is 182 g/mol. The summed E-state index contributed by atoms with van der Waals surface area (Å²) >= 11 is 0.